The highest BCUT2D eigenvalue weighted by molar-refractivity contribution is 6.13. The summed E-state index contributed by atoms with van der Waals surface area (Å²) in [6.45, 7) is 2.08. The topological polar surface area (TPSA) is 34.9 Å². The maximum atomic E-state index is 13.1. The van der Waals surface area contributed by atoms with Crippen LogP contribution < -0.4 is 0 Å². The second kappa shape index (κ2) is 7.60. The van der Waals surface area contributed by atoms with E-state index in [0.717, 1.165) is 52.0 Å². The van der Waals surface area contributed by atoms with Crippen LogP contribution in [0.15, 0.2) is 90.6 Å². The van der Waals surface area contributed by atoms with Gasteiger partial charge in [-0.3, -0.25) is 4.79 Å². The van der Waals surface area contributed by atoms with E-state index in [9.17, 15) is 4.79 Å². The average Bonchev–Trinajstić information content (AvgIpc) is 3.21. The number of fused-ring (bicyclic) bond motifs is 1. The van der Waals surface area contributed by atoms with Gasteiger partial charge in [-0.1, -0.05) is 72.3 Å². The standard InChI is InChI=1S/C27H22N2O/c1-19-11-13-21(14-12-19)26-23(18-29(28-26)24-8-3-2-4-9-24)17-22-16-15-20-7-5-6-10-25(20)27(22)30/h2-14,17-18H,15-16H2,1H3/b22-17-. The zero-order chi connectivity index (χ0) is 20.5. The normalized spacial score (nSPS) is 14.7. The van der Waals surface area contributed by atoms with Crippen LogP contribution in [0.3, 0.4) is 0 Å². The van der Waals surface area contributed by atoms with E-state index in [-0.39, 0.29) is 5.78 Å². The maximum absolute atomic E-state index is 13.1. The van der Waals surface area contributed by atoms with Crippen molar-refractivity contribution in [3.8, 4) is 16.9 Å². The third-order valence-electron chi connectivity index (χ3n) is 5.64. The molecule has 3 nitrogen and oxygen atoms in total. The molecule has 0 saturated carbocycles. The van der Waals surface area contributed by atoms with Crippen LogP contribution in [-0.2, 0) is 6.42 Å². The van der Waals surface area contributed by atoms with Crippen LogP contribution in [0, 0.1) is 6.92 Å². The number of carbonyl (C=O) groups is 1. The highest BCUT2D eigenvalue weighted by Gasteiger charge is 2.22. The van der Waals surface area contributed by atoms with Crippen LogP contribution in [0.2, 0.25) is 0 Å². The van der Waals surface area contributed by atoms with Crippen molar-refractivity contribution in [3.63, 3.8) is 0 Å². The molecule has 0 atom stereocenters. The Labute approximate surface area is 176 Å². The first kappa shape index (κ1) is 18.3. The van der Waals surface area contributed by atoms with Gasteiger partial charge in [0.05, 0.1) is 11.4 Å². The van der Waals surface area contributed by atoms with Crippen molar-refractivity contribution >= 4 is 11.9 Å². The van der Waals surface area contributed by atoms with Gasteiger partial charge < -0.3 is 0 Å². The molecule has 1 aromatic heterocycles. The maximum Gasteiger partial charge on any atom is 0.189 e. The molecule has 0 N–H and O–H groups in total. The molecule has 0 saturated heterocycles. The van der Waals surface area contributed by atoms with Crippen molar-refractivity contribution in [2.45, 2.75) is 19.8 Å². The van der Waals surface area contributed by atoms with Crippen LogP contribution in [0.1, 0.15) is 33.5 Å². The summed E-state index contributed by atoms with van der Waals surface area (Å²) >= 11 is 0. The first-order valence-electron chi connectivity index (χ1n) is 10.2. The molecule has 0 spiro atoms. The Morgan fingerprint density at radius 2 is 1.60 bits per heavy atom. The summed E-state index contributed by atoms with van der Waals surface area (Å²) in [5.41, 5.74) is 7.90. The van der Waals surface area contributed by atoms with E-state index in [2.05, 4.69) is 37.3 Å². The monoisotopic (exact) mass is 390 g/mol. The number of hydrogen-bond donors (Lipinski definition) is 0. The number of Topliss-reactive ketones (excluding diaryl/α,β-unsaturated/α-hetero) is 1. The lowest BCUT2D eigenvalue weighted by Gasteiger charge is -2.17. The molecule has 30 heavy (non-hydrogen) atoms. The molecule has 0 unspecified atom stereocenters. The summed E-state index contributed by atoms with van der Waals surface area (Å²) in [5.74, 6) is 0.124. The Kier molecular flexibility index (Phi) is 4.64. The van der Waals surface area contributed by atoms with E-state index in [1.54, 1.807) is 0 Å². The van der Waals surface area contributed by atoms with Crippen molar-refractivity contribution in [1.29, 1.82) is 0 Å². The molecule has 1 aliphatic carbocycles. The van der Waals surface area contributed by atoms with Crippen LogP contribution in [0.25, 0.3) is 23.0 Å². The number of ketones is 1. The SMILES string of the molecule is Cc1ccc(-c2nn(-c3ccccc3)cc2/C=C2/CCc3ccccc3C2=O)cc1. The van der Waals surface area contributed by atoms with E-state index in [0.29, 0.717) is 0 Å². The first-order chi connectivity index (χ1) is 14.7. The molecule has 3 aromatic carbocycles. The molecule has 3 heteroatoms. The molecule has 5 rings (SSSR count). The Morgan fingerprint density at radius 1 is 0.867 bits per heavy atom. The number of nitrogens with zero attached hydrogens (tertiary/aromatic N) is 2. The fraction of sp³-hybridized carbons (Fsp3) is 0.111. The van der Waals surface area contributed by atoms with Crippen LogP contribution in [0.5, 0.6) is 0 Å². The Morgan fingerprint density at radius 3 is 2.40 bits per heavy atom. The Balaban J connectivity index is 1.62. The third-order valence-corrected chi connectivity index (χ3v) is 5.64. The van der Waals surface area contributed by atoms with Gasteiger partial charge in [0.15, 0.2) is 5.78 Å². The number of para-hydroxylation sites is 1. The second-order valence-corrected chi connectivity index (χ2v) is 7.74. The number of allylic oxidation sites excluding steroid dienone is 1. The molecule has 1 heterocycles. The van der Waals surface area contributed by atoms with Crippen LogP contribution in [0.4, 0.5) is 0 Å². The molecule has 0 fully saturated rings. The summed E-state index contributed by atoms with van der Waals surface area (Å²) < 4.78 is 1.89. The van der Waals surface area contributed by atoms with Crippen molar-refractivity contribution in [2.24, 2.45) is 0 Å². The Bertz CT molecular complexity index is 1250. The zero-order valence-electron chi connectivity index (χ0n) is 16.9. The lowest BCUT2D eigenvalue weighted by molar-refractivity contribution is 0.102. The first-order valence-corrected chi connectivity index (χ1v) is 10.2. The highest BCUT2D eigenvalue weighted by atomic mass is 16.1. The molecule has 0 aliphatic heterocycles. The lowest BCUT2D eigenvalue weighted by atomic mass is 9.86. The summed E-state index contributed by atoms with van der Waals surface area (Å²) in [6.07, 6.45) is 5.69. The van der Waals surface area contributed by atoms with Gasteiger partial charge in [0.25, 0.3) is 0 Å². The molecule has 4 aromatic rings. The van der Waals surface area contributed by atoms with E-state index in [1.165, 1.54) is 5.56 Å². The van der Waals surface area contributed by atoms with Crippen LogP contribution >= 0.6 is 0 Å². The average molecular weight is 390 g/mol. The summed E-state index contributed by atoms with van der Waals surface area (Å²) in [6, 6.07) is 26.3. The minimum Gasteiger partial charge on any atom is -0.289 e. The van der Waals surface area contributed by atoms with Gasteiger partial charge in [-0.2, -0.15) is 5.10 Å². The lowest BCUT2D eigenvalue weighted by Crippen LogP contribution is -2.13. The highest BCUT2D eigenvalue weighted by Crippen LogP contribution is 2.30. The number of carbonyl (C=O) groups excluding carboxylic acids is 1. The molecule has 146 valence electrons. The largest absolute Gasteiger partial charge is 0.289 e. The van der Waals surface area contributed by atoms with E-state index in [1.807, 2.05) is 65.5 Å². The van der Waals surface area contributed by atoms with E-state index in [4.69, 9.17) is 5.10 Å². The van der Waals surface area contributed by atoms with Crippen LogP contribution in [-0.4, -0.2) is 15.6 Å². The van der Waals surface area contributed by atoms with Gasteiger partial charge >= 0.3 is 0 Å². The van der Waals surface area contributed by atoms with Crippen molar-refractivity contribution in [2.75, 3.05) is 0 Å². The molecule has 0 amide bonds. The molecule has 1 aliphatic rings. The van der Waals surface area contributed by atoms with Gasteiger partial charge in [-0.05, 0) is 43.5 Å². The number of aromatic nitrogens is 2. The van der Waals surface area contributed by atoms with E-state index >= 15 is 0 Å². The minimum atomic E-state index is 0.124. The summed E-state index contributed by atoms with van der Waals surface area (Å²) in [4.78, 5) is 13.1. The Hall–Kier alpha value is -3.72. The molecular formula is C27H22N2O. The second-order valence-electron chi connectivity index (χ2n) is 7.74. The molecule has 0 bridgehead atoms. The predicted octanol–water partition coefficient (Wildman–Crippen LogP) is 6.06. The number of hydrogen-bond acceptors (Lipinski definition) is 2. The predicted molar refractivity (Wildman–Crippen MR) is 121 cm³/mol. The summed E-state index contributed by atoms with van der Waals surface area (Å²) in [5, 5.41) is 4.88. The quantitative estimate of drug-likeness (QED) is 0.399. The minimum absolute atomic E-state index is 0.124. The molecular weight excluding hydrogens is 368 g/mol. The smallest absolute Gasteiger partial charge is 0.189 e. The van der Waals surface area contributed by atoms with Crippen molar-refractivity contribution in [3.05, 3.63) is 113 Å². The third kappa shape index (κ3) is 3.39. The number of aryl methyl sites for hydroxylation is 2. The fourth-order valence-corrected chi connectivity index (χ4v) is 3.98. The number of rotatable bonds is 3. The van der Waals surface area contributed by atoms with Gasteiger partial charge in [0.1, 0.15) is 0 Å². The zero-order valence-corrected chi connectivity index (χ0v) is 16.9. The van der Waals surface area contributed by atoms with Gasteiger partial charge in [-0.25, -0.2) is 4.68 Å². The number of benzene rings is 3. The fourth-order valence-electron chi connectivity index (χ4n) is 3.98. The van der Waals surface area contributed by atoms with Gasteiger partial charge in [0.2, 0.25) is 0 Å². The van der Waals surface area contributed by atoms with Crippen molar-refractivity contribution < 1.29 is 4.79 Å². The van der Waals surface area contributed by atoms with Gasteiger partial charge in [-0.15, -0.1) is 0 Å². The molecule has 0 radical (unpaired) electrons. The van der Waals surface area contributed by atoms with Gasteiger partial charge in [0, 0.05) is 28.5 Å². The summed E-state index contributed by atoms with van der Waals surface area (Å²) in [7, 11) is 0. The van der Waals surface area contributed by atoms with Crippen molar-refractivity contribution in [1.82, 2.24) is 9.78 Å². The van der Waals surface area contributed by atoms with E-state index < -0.39 is 0 Å².